The number of rotatable bonds is 8. The van der Waals surface area contributed by atoms with Gasteiger partial charge in [0.1, 0.15) is 0 Å². The maximum atomic E-state index is 11.4. The summed E-state index contributed by atoms with van der Waals surface area (Å²) in [4.78, 5) is 24.4. The number of hydrogen-bond donors (Lipinski definition) is 5. The second-order valence-electron chi connectivity index (χ2n) is 33.2. The third-order valence-corrected chi connectivity index (χ3v) is 34.8. The highest BCUT2D eigenvalue weighted by atomic mass is 127. The van der Waals surface area contributed by atoms with E-state index in [0.717, 1.165) is 84.5 Å². The van der Waals surface area contributed by atoms with Crippen LogP contribution in [0.4, 0.5) is 5.69 Å². The van der Waals surface area contributed by atoms with Crippen molar-refractivity contribution in [3.8, 4) is 22.5 Å². The minimum absolute atomic E-state index is 0.123. The molecule has 0 bridgehead atoms. The van der Waals surface area contributed by atoms with E-state index in [4.69, 9.17) is 0 Å². The molecule has 0 saturated heterocycles. The summed E-state index contributed by atoms with van der Waals surface area (Å²) in [6.07, 6.45) is 0. The molecule has 8 aromatic heterocycles. The number of halogens is 8. The van der Waals surface area contributed by atoms with Gasteiger partial charge in [0.25, 0.3) is 5.69 Å². The molecule has 0 radical (unpaired) electrons. The zero-order chi connectivity index (χ0) is 98.8. The molecule has 27 rings (SSSR count). The summed E-state index contributed by atoms with van der Waals surface area (Å²) in [6.45, 7) is -0.145. The van der Waals surface area contributed by atoms with Gasteiger partial charge in [0.15, 0.2) is 0 Å². The van der Waals surface area contributed by atoms with Gasteiger partial charge in [-0.2, -0.15) is 0 Å². The molecule has 0 spiro atoms. The average Bonchev–Trinajstić information content (AvgIpc) is 1.56. The number of aromatic amines is 1. The zero-order valence-electron chi connectivity index (χ0n) is 74.7. The number of para-hydroxylation sites is 2. The van der Waals surface area contributed by atoms with Gasteiger partial charge < -0.3 is 34.2 Å². The first-order valence-corrected chi connectivity index (χ1v) is 55.4. The molecule has 0 unspecified atom stereocenters. The molecule has 28 heteroatoms. The van der Waals surface area contributed by atoms with E-state index >= 15 is 0 Å². The Balaban J connectivity index is 0.000000103. The van der Waals surface area contributed by atoms with Gasteiger partial charge in [0.05, 0.1) is 32.6 Å². The van der Waals surface area contributed by atoms with E-state index in [1.807, 2.05) is 156 Å². The number of nitro groups is 2. The van der Waals surface area contributed by atoms with Crippen LogP contribution in [0.1, 0.15) is 5.56 Å². The first-order chi connectivity index (χ1) is 69.5. The maximum Gasteiger partial charge on any atom is 0.489 e. The number of nitrogens with zero attached hydrogens (tertiary/aromatic N) is 4. The number of aromatic nitrogens is 3. The summed E-state index contributed by atoms with van der Waals surface area (Å²) >= 11 is 35.0. The van der Waals surface area contributed by atoms with E-state index in [9.17, 15) is 40.3 Å². The van der Waals surface area contributed by atoms with Crippen LogP contribution in [0.3, 0.4) is 0 Å². The van der Waals surface area contributed by atoms with Crippen LogP contribution in [0, 0.1) is 23.8 Å². The molecule has 13 nitrogen and oxygen atoms in total. The van der Waals surface area contributed by atoms with Crippen molar-refractivity contribution in [1.29, 1.82) is 0 Å². The van der Waals surface area contributed by atoms with Gasteiger partial charge in [-0.3, -0.25) is 20.2 Å². The number of nitro benzene ring substituents is 1. The van der Waals surface area contributed by atoms with Crippen molar-refractivity contribution in [2.24, 2.45) is 0 Å². The molecular formula is C115H73B2Br7IN5O8S5. The Hall–Kier alpha value is -11.5. The monoisotopic (exact) mass is 2510 g/mol. The predicted octanol–water partition coefficient (Wildman–Crippen LogP) is 35.8. The Morgan fingerprint density at radius 2 is 0.678 bits per heavy atom. The molecule has 0 atom stereocenters. The lowest BCUT2D eigenvalue weighted by molar-refractivity contribution is -0.497. The van der Waals surface area contributed by atoms with Gasteiger partial charge in [-0.05, 0) is 209 Å². The van der Waals surface area contributed by atoms with Gasteiger partial charge >= 0.3 is 14.2 Å². The SMILES string of the molecule is Brc1ccc2[nH]c3ccc4c5ccccc5sc4c3c2c1.Brc1ccc2c(c1)c1c3sc4ccccc4c3ccc1n2-c1ccccc1.Brc1cccc(Br)c1.Ic1ccccc1.O=[N+]([O-])Cc1ccc(Br)cc1Br.O=[N+]([O-])c1ccc(Br)cc1-c1cccc2c1sc1ccccc12.OB(O)c1ccc2c(c1)c1c3sc4ccccc4c3ccc1n2-c1ccccc1.OB(O)c1cccc2c1sc1ccccc12. The van der Waals surface area contributed by atoms with Gasteiger partial charge in [0.2, 0.25) is 6.54 Å². The Morgan fingerprint density at radius 1 is 0.301 bits per heavy atom. The lowest BCUT2D eigenvalue weighted by atomic mass is 9.80. The fourth-order valence-electron chi connectivity index (χ4n) is 18.0. The second-order valence-corrected chi connectivity index (χ2v) is 46.0. The third-order valence-electron chi connectivity index (χ3n) is 24.3. The molecular weight excluding hydrogens is 2450 g/mol. The first-order valence-electron chi connectivity index (χ1n) is 44.7. The molecule has 0 aliphatic heterocycles. The number of fused-ring (bicyclic) bond motifs is 27. The molecule has 143 heavy (non-hydrogen) atoms. The van der Waals surface area contributed by atoms with E-state index in [-0.39, 0.29) is 22.1 Å². The fourth-order valence-corrected chi connectivity index (χ4v) is 28.1. The summed E-state index contributed by atoms with van der Waals surface area (Å²) in [5.41, 5.74) is 12.8. The Morgan fingerprint density at radius 3 is 1.15 bits per heavy atom. The summed E-state index contributed by atoms with van der Waals surface area (Å²) < 4.78 is 25.2. The van der Waals surface area contributed by atoms with Crippen LogP contribution in [0.25, 0.3) is 189 Å². The summed E-state index contributed by atoms with van der Waals surface area (Å²) in [5.74, 6) is 0. The molecule has 8 heterocycles. The molecule has 698 valence electrons. The van der Waals surface area contributed by atoms with Crippen LogP contribution >= 0.6 is 191 Å². The molecule has 27 aromatic rings. The van der Waals surface area contributed by atoms with E-state index in [1.54, 1.807) is 76.5 Å². The van der Waals surface area contributed by atoms with Crippen molar-refractivity contribution in [2.45, 2.75) is 6.54 Å². The second kappa shape index (κ2) is 43.8. The quantitative estimate of drug-likeness (QED) is 0.0429. The maximum absolute atomic E-state index is 11.4. The average molecular weight is 2520 g/mol. The highest BCUT2D eigenvalue weighted by Gasteiger charge is 2.25. The van der Waals surface area contributed by atoms with Gasteiger partial charge in [-0.15, -0.1) is 56.7 Å². The zero-order valence-corrected chi connectivity index (χ0v) is 92.1. The lowest BCUT2D eigenvalue weighted by Crippen LogP contribution is -2.29. The van der Waals surface area contributed by atoms with Crippen LogP contribution in [-0.4, -0.2) is 58.3 Å². The standard InChI is InChI=1S/C24H16BNO2S.C24H14BrNS.C18H10BrNO2S.C18H10BrNS.C12H9BO2S.C7H5Br2NO2.C6H4Br2.C6H5I/c27-25(28)15-10-12-20-19(14-15)23-21(26(20)16-6-2-1-3-7-16)13-11-18-17-8-4-5-9-22(17)29-24(18)23;25-15-10-12-20-19(14-15)23-21(26(20)16-6-2-1-3-7-16)13-11-18-17-8-4-5-9-22(17)27-24(18)23;19-11-8-9-16(20(21)22)15(10-11)14-6-3-5-13-12-4-1-2-7-17(12)23-18(13)14;19-10-5-7-14-13(9-10)17-15(20-14)8-6-12-11-3-1-2-4-16(11)21-18(12)17;14-13(15)10-6-3-5-9-8-4-1-2-7-11(8)16-12(9)10;8-6-2-1-5(4-10(11)12)7(9)3-6;7-5-2-1-3-6(8)4-5;7-6-4-2-1-3-5-6/h1-14,27-28H;1-14H;1-10H;1-9,20H;1-7,14-15H;1-3H,4H2;1-4H;1-5H. The molecule has 0 saturated carbocycles. The largest absolute Gasteiger partial charge is 0.489 e. The van der Waals surface area contributed by atoms with Crippen molar-refractivity contribution in [2.75, 3.05) is 0 Å². The molecule has 19 aromatic carbocycles. The number of thiophene rings is 5. The third kappa shape index (κ3) is 20.9. The molecule has 0 aliphatic carbocycles. The molecule has 5 N–H and O–H groups in total. The van der Waals surface area contributed by atoms with Gasteiger partial charge in [-0.25, -0.2) is 0 Å². The van der Waals surface area contributed by atoms with E-state index in [1.165, 1.54) is 134 Å². The topological polar surface area (TPSA) is 193 Å². The van der Waals surface area contributed by atoms with E-state index in [0.29, 0.717) is 22.1 Å². The van der Waals surface area contributed by atoms with Crippen molar-refractivity contribution in [3.05, 3.63) is 461 Å². The van der Waals surface area contributed by atoms with Crippen molar-refractivity contribution in [1.82, 2.24) is 14.1 Å². The lowest BCUT2D eigenvalue weighted by Gasteiger charge is -2.07. The van der Waals surface area contributed by atoms with Crippen LogP contribution in [0.2, 0.25) is 0 Å². The number of nitrogens with one attached hydrogen (secondary N) is 1. The van der Waals surface area contributed by atoms with Crippen LogP contribution in [0.5, 0.6) is 0 Å². The summed E-state index contributed by atoms with van der Waals surface area (Å²) in [5, 5.41) is 79.6. The van der Waals surface area contributed by atoms with Crippen molar-refractivity contribution >= 4 is 388 Å². The van der Waals surface area contributed by atoms with E-state index in [2.05, 4.69) is 373 Å². The minimum Gasteiger partial charge on any atom is -0.423 e. The molecule has 0 aliphatic rings. The summed E-state index contributed by atoms with van der Waals surface area (Å²) in [7, 11) is -2.90. The highest BCUT2D eigenvalue weighted by Crippen LogP contribution is 2.49. The smallest absolute Gasteiger partial charge is 0.423 e. The normalized spacial score (nSPS) is 11.2. The Bertz CT molecular complexity index is 9520. The fraction of sp³-hybridized carbons (Fsp3) is 0.00870. The van der Waals surface area contributed by atoms with Crippen LogP contribution in [0.15, 0.2) is 432 Å². The molecule has 0 amide bonds. The Labute approximate surface area is 911 Å². The van der Waals surface area contributed by atoms with Crippen molar-refractivity contribution < 1.29 is 29.9 Å². The first kappa shape index (κ1) is 98.9. The number of benzene rings is 19. The highest BCUT2D eigenvalue weighted by molar-refractivity contribution is 14.1. The number of hydrogen-bond acceptors (Lipinski definition) is 13. The number of H-pyrrole nitrogens is 1. The minimum atomic E-state index is -1.49. The summed E-state index contributed by atoms with van der Waals surface area (Å²) in [6, 6.07) is 135. The van der Waals surface area contributed by atoms with Gasteiger partial charge in [-0.1, -0.05) is 336 Å². The Kier molecular flexibility index (Phi) is 30.3. The molecule has 0 fully saturated rings. The predicted molar refractivity (Wildman–Crippen MR) is 643 cm³/mol. The van der Waals surface area contributed by atoms with Crippen LogP contribution in [-0.2, 0) is 6.54 Å². The van der Waals surface area contributed by atoms with Crippen molar-refractivity contribution in [3.63, 3.8) is 0 Å². The van der Waals surface area contributed by atoms with Gasteiger partial charge in [0, 0.05) is 207 Å². The van der Waals surface area contributed by atoms with Crippen LogP contribution < -0.4 is 10.9 Å². The van der Waals surface area contributed by atoms with E-state index < -0.39 is 14.2 Å².